The maximum absolute atomic E-state index is 13.2. The zero-order chi connectivity index (χ0) is 23.9. The van der Waals surface area contributed by atoms with Crippen LogP contribution in [-0.2, 0) is 11.3 Å². The van der Waals surface area contributed by atoms with E-state index >= 15 is 0 Å². The average molecular weight is 461 g/mol. The molecule has 0 radical (unpaired) electrons. The molecule has 33 heavy (non-hydrogen) atoms. The molecule has 3 aliphatic carbocycles. The van der Waals surface area contributed by atoms with Gasteiger partial charge < -0.3 is 0 Å². The lowest BCUT2D eigenvalue weighted by Crippen LogP contribution is -2.48. The van der Waals surface area contributed by atoms with E-state index in [1.807, 2.05) is 51.7 Å². The van der Waals surface area contributed by atoms with Crippen LogP contribution in [0.2, 0.25) is 0 Å². The third kappa shape index (κ3) is 6.12. The van der Waals surface area contributed by atoms with E-state index in [9.17, 15) is 4.79 Å². The predicted octanol–water partition coefficient (Wildman–Crippen LogP) is 8.74. The molecule has 3 saturated carbocycles. The average Bonchev–Trinajstić information content (AvgIpc) is 3.39. The molecular formula is C30H56N2O. The Kier molecular flexibility index (Phi) is 12.4. The van der Waals surface area contributed by atoms with Gasteiger partial charge in [0.05, 0.1) is 12.7 Å². The summed E-state index contributed by atoms with van der Waals surface area (Å²) in [7, 11) is 0. The zero-order valence-electron chi connectivity index (χ0n) is 22.5. The number of rotatable bonds is 6. The molecule has 192 valence electrons. The summed E-state index contributed by atoms with van der Waals surface area (Å²) in [6.07, 6.45) is 15.8. The highest BCUT2D eigenvalue weighted by atomic mass is 16.1. The molecule has 0 saturated heterocycles. The minimum atomic E-state index is 0. The minimum absolute atomic E-state index is 0. The van der Waals surface area contributed by atoms with Gasteiger partial charge in [-0.15, -0.1) is 0 Å². The maximum atomic E-state index is 13.2. The first-order valence-corrected chi connectivity index (χ1v) is 14.0. The minimum Gasteiger partial charge on any atom is -0.297 e. The number of carbonyl (C=O) groups is 1. The van der Waals surface area contributed by atoms with Gasteiger partial charge >= 0.3 is 0 Å². The van der Waals surface area contributed by atoms with E-state index in [0.29, 0.717) is 12.3 Å². The van der Waals surface area contributed by atoms with Crippen LogP contribution in [-0.4, -0.2) is 15.6 Å². The van der Waals surface area contributed by atoms with E-state index in [1.54, 1.807) is 0 Å². The van der Waals surface area contributed by atoms with Gasteiger partial charge in [-0.05, 0) is 86.0 Å². The van der Waals surface area contributed by atoms with Crippen LogP contribution in [0.1, 0.15) is 119 Å². The van der Waals surface area contributed by atoms with E-state index in [-0.39, 0.29) is 18.8 Å². The van der Waals surface area contributed by atoms with Gasteiger partial charge in [-0.3, -0.25) is 9.48 Å². The van der Waals surface area contributed by atoms with Crippen LogP contribution in [0.25, 0.3) is 0 Å². The number of hydrogen-bond donors (Lipinski definition) is 0. The summed E-state index contributed by atoms with van der Waals surface area (Å²) in [6.45, 7) is 17.7. The van der Waals surface area contributed by atoms with Gasteiger partial charge in [-0.25, -0.2) is 0 Å². The van der Waals surface area contributed by atoms with E-state index in [2.05, 4.69) is 25.9 Å². The molecule has 3 aliphatic rings. The Morgan fingerprint density at radius 3 is 2.33 bits per heavy atom. The van der Waals surface area contributed by atoms with Crippen molar-refractivity contribution in [3.63, 3.8) is 0 Å². The monoisotopic (exact) mass is 460 g/mol. The van der Waals surface area contributed by atoms with Gasteiger partial charge in [0.2, 0.25) is 0 Å². The first kappa shape index (κ1) is 29.9. The zero-order valence-corrected chi connectivity index (χ0v) is 22.5. The van der Waals surface area contributed by atoms with Crippen molar-refractivity contribution in [3.05, 3.63) is 18.0 Å². The van der Waals surface area contributed by atoms with Crippen LogP contribution < -0.4 is 0 Å². The van der Waals surface area contributed by atoms with Crippen molar-refractivity contribution in [2.24, 2.45) is 40.9 Å². The van der Waals surface area contributed by atoms with Gasteiger partial charge in [-0.2, -0.15) is 5.10 Å². The summed E-state index contributed by atoms with van der Waals surface area (Å²) in [5.74, 6) is 5.15. The highest BCUT2D eigenvalue weighted by molar-refractivity contribution is 5.82. The van der Waals surface area contributed by atoms with Crippen LogP contribution in [0.4, 0.5) is 0 Å². The Balaban J connectivity index is 0.00000103. The molecule has 1 heterocycles. The molecule has 3 fully saturated rings. The van der Waals surface area contributed by atoms with Crippen LogP contribution in [0.5, 0.6) is 0 Å². The van der Waals surface area contributed by atoms with Crippen molar-refractivity contribution in [1.82, 2.24) is 9.78 Å². The molecule has 7 atom stereocenters. The lowest BCUT2D eigenvalue weighted by Gasteiger charge is -2.54. The van der Waals surface area contributed by atoms with Gasteiger partial charge in [0, 0.05) is 12.1 Å². The van der Waals surface area contributed by atoms with Crippen LogP contribution in [0, 0.1) is 47.8 Å². The fraction of sp³-hybridized carbons (Fsp3) is 0.867. The first-order chi connectivity index (χ1) is 15.5. The van der Waals surface area contributed by atoms with Crippen LogP contribution >= 0.6 is 0 Å². The first-order valence-electron chi connectivity index (χ1n) is 14.0. The van der Waals surface area contributed by atoms with Crippen molar-refractivity contribution in [1.29, 1.82) is 0 Å². The molecule has 7 unspecified atom stereocenters. The summed E-state index contributed by atoms with van der Waals surface area (Å²) in [4.78, 5) is 13.2. The second-order valence-corrected chi connectivity index (χ2v) is 10.5. The molecule has 1 aromatic rings. The Hall–Kier alpha value is -1.12. The molecule has 0 N–H and O–H groups in total. The molecule has 1 aromatic heterocycles. The van der Waals surface area contributed by atoms with Gasteiger partial charge in [0.15, 0.2) is 5.78 Å². The Morgan fingerprint density at radius 1 is 1.06 bits per heavy atom. The summed E-state index contributed by atoms with van der Waals surface area (Å²) in [6, 6.07) is 0. The van der Waals surface area contributed by atoms with Crippen molar-refractivity contribution in [2.45, 2.75) is 127 Å². The topological polar surface area (TPSA) is 34.9 Å². The van der Waals surface area contributed by atoms with E-state index in [4.69, 9.17) is 0 Å². The largest absolute Gasteiger partial charge is 0.297 e. The molecule has 0 aliphatic heterocycles. The number of fused-ring (bicyclic) bond motifs is 3. The summed E-state index contributed by atoms with van der Waals surface area (Å²) in [5, 5.41) is 4.36. The number of nitrogens with zero attached hydrogens (tertiary/aromatic N) is 2. The normalized spacial score (nSPS) is 34.4. The lowest BCUT2D eigenvalue weighted by atomic mass is 9.50. The van der Waals surface area contributed by atoms with Crippen molar-refractivity contribution >= 4 is 5.78 Å². The van der Waals surface area contributed by atoms with E-state index in [1.165, 1.54) is 51.4 Å². The standard InChI is InChI=1S/C25H40N2O.2C2H6.CH4/c1-5-7-19-18(6-2)8-9-21-20(19)12-13-25(4)22(21)10-11-23(25)24(28)16-27-15-17(3)14-26-27;2*1-2;/h14-15,18-23H,5-13,16H2,1-4H3;2*1-2H3;1H4. The Labute approximate surface area is 206 Å². The third-order valence-corrected chi connectivity index (χ3v) is 9.13. The number of aryl methyl sites for hydroxylation is 1. The van der Waals surface area contributed by atoms with E-state index < -0.39 is 0 Å². The second kappa shape index (κ2) is 13.7. The molecule has 0 amide bonds. The highest BCUT2D eigenvalue weighted by Crippen LogP contribution is 2.63. The molecule has 0 aromatic carbocycles. The number of hydrogen-bond acceptors (Lipinski definition) is 2. The van der Waals surface area contributed by atoms with Gasteiger partial charge in [0.25, 0.3) is 0 Å². The third-order valence-electron chi connectivity index (χ3n) is 9.13. The Morgan fingerprint density at radius 2 is 1.76 bits per heavy atom. The highest BCUT2D eigenvalue weighted by Gasteiger charge is 2.57. The summed E-state index contributed by atoms with van der Waals surface area (Å²) < 4.78 is 1.85. The fourth-order valence-electron chi connectivity index (χ4n) is 7.88. The van der Waals surface area contributed by atoms with Gasteiger partial charge in [0.1, 0.15) is 0 Å². The van der Waals surface area contributed by atoms with Crippen molar-refractivity contribution in [2.75, 3.05) is 0 Å². The second-order valence-electron chi connectivity index (χ2n) is 10.5. The molecule has 3 nitrogen and oxygen atoms in total. The summed E-state index contributed by atoms with van der Waals surface area (Å²) >= 11 is 0. The van der Waals surface area contributed by atoms with Crippen LogP contribution in [0.15, 0.2) is 12.4 Å². The fourth-order valence-corrected chi connectivity index (χ4v) is 7.88. The Bertz CT molecular complexity index is 695. The quantitative estimate of drug-likeness (QED) is 0.425. The SMILES string of the molecule is C.CC.CC.CCCC1C(CC)CCC2C1CCC1(C)C(C(=O)Cn3cc(C)cn3)CCC21. The van der Waals surface area contributed by atoms with Crippen molar-refractivity contribution < 1.29 is 4.79 Å². The smallest absolute Gasteiger partial charge is 0.157 e. The van der Waals surface area contributed by atoms with Crippen molar-refractivity contribution in [3.8, 4) is 0 Å². The number of Topliss-reactive ketones (excluding diaryl/α,β-unsaturated/α-hetero) is 1. The molecule has 0 spiro atoms. The number of aromatic nitrogens is 2. The summed E-state index contributed by atoms with van der Waals surface area (Å²) in [5.41, 5.74) is 1.37. The van der Waals surface area contributed by atoms with Gasteiger partial charge in [-0.1, -0.05) is 75.2 Å². The molecular weight excluding hydrogens is 404 g/mol. The maximum Gasteiger partial charge on any atom is 0.157 e. The molecule has 4 rings (SSSR count). The number of ketones is 1. The number of carbonyl (C=O) groups excluding carboxylic acids is 1. The van der Waals surface area contributed by atoms with Crippen LogP contribution in [0.3, 0.4) is 0 Å². The van der Waals surface area contributed by atoms with E-state index in [0.717, 1.165) is 41.6 Å². The molecule has 0 bridgehead atoms. The lowest BCUT2D eigenvalue weighted by molar-refractivity contribution is -0.130. The molecule has 3 heteroatoms. The predicted molar refractivity (Wildman–Crippen MR) is 143 cm³/mol.